The number of amides is 5. The zero-order chi connectivity index (χ0) is 39.1. The number of piperidine rings is 1. The lowest BCUT2D eigenvalue weighted by atomic mass is 9.83. The summed E-state index contributed by atoms with van der Waals surface area (Å²) < 4.78 is 6.44. The van der Waals surface area contributed by atoms with Gasteiger partial charge in [-0.1, -0.05) is 72.6 Å². The van der Waals surface area contributed by atoms with E-state index in [1.807, 2.05) is 27.7 Å². The molecule has 304 valence electrons. The molecule has 0 aromatic carbocycles. The van der Waals surface area contributed by atoms with E-state index in [0.29, 0.717) is 25.9 Å². The number of nitrogens with two attached hydrogens (primary N) is 2. The molecule has 53 heavy (non-hydrogen) atoms. The molecule has 14 nitrogen and oxygen atoms in total. The van der Waals surface area contributed by atoms with Gasteiger partial charge in [0.15, 0.2) is 0 Å². The molecule has 2 aliphatic heterocycles. The molecule has 0 radical (unpaired) electrons. The first-order chi connectivity index (χ1) is 25.2. The maximum atomic E-state index is 14.2. The van der Waals surface area contributed by atoms with Gasteiger partial charge in [-0.25, -0.2) is 0 Å². The Morgan fingerprint density at radius 3 is 2.08 bits per heavy atom. The third-order valence-corrected chi connectivity index (χ3v) is 11.3. The highest BCUT2D eigenvalue weighted by Crippen LogP contribution is 2.28. The summed E-state index contributed by atoms with van der Waals surface area (Å²) in [5, 5.41) is 11.8. The number of hydrogen-bond donors (Lipinski definition) is 6. The summed E-state index contributed by atoms with van der Waals surface area (Å²) in [6, 6.07) is -4.14. The van der Waals surface area contributed by atoms with Gasteiger partial charge in [-0.2, -0.15) is 0 Å². The Morgan fingerprint density at radius 1 is 0.811 bits per heavy atom. The highest BCUT2D eigenvalue weighted by atomic mass is 16.5. The number of hydrogen-bond acceptors (Lipinski definition) is 9. The van der Waals surface area contributed by atoms with E-state index in [0.717, 1.165) is 70.6 Å². The molecule has 1 aliphatic carbocycles. The van der Waals surface area contributed by atoms with Crippen molar-refractivity contribution in [3.8, 4) is 0 Å². The van der Waals surface area contributed by atoms with Crippen LogP contribution in [0.2, 0.25) is 0 Å². The van der Waals surface area contributed by atoms with Crippen molar-refractivity contribution < 1.29 is 28.7 Å². The normalized spacial score (nSPS) is 30.5. The van der Waals surface area contributed by atoms with Crippen molar-refractivity contribution in [1.29, 1.82) is 0 Å². The highest BCUT2D eigenvalue weighted by molar-refractivity contribution is 5.96. The molecule has 1 saturated carbocycles. The summed E-state index contributed by atoms with van der Waals surface area (Å²) >= 11 is 0. The van der Waals surface area contributed by atoms with Crippen LogP contribution < -0.4 is 32.7 Å². The number of ether oxygens (including phenoxy) is 1. The van der Waals surface area contributed by atoms with E-state index in [-0.39, 0.29) is 49.4 Å². The average molecular weight is 749 g/mol. The Morgan fingerprint density at radius 2 is 1.45 bits per heavy atom. The molecule has 14 heteroatoms. The van der Waals surface area contributed by atoms with E-state index in [2.05, 4.69) is 33.1 Å². The molecule has 0 bridgehead atoms. The van der Waals surface area contributed by atoms with E-state index >= 15 is 0 Å². The quantitative estimate of drug-likeness (QED) is 0.171. The maximum Gasteiger partial charge on any atom is 0.244 e. The van der Waals surface area contributed by atoms with Crippen molar-refractivity contribution >= 4 is 29.5 Å². The van der Waals surface area contributed by atoms with Crippen LogP contribution in [0.15, 0.2) is 0 Å². The zero-order valence-electron chi connectivity index (χ0n) is 33.5. The predicted octanol–water partition coefficient (Wildman–Crippen LogP) is 1.79. The van der Waals surface area contributed by atoms with Crippen LogP contribution in [0.3, 0.4) is 0 Å². The van der Waals surface area contributed by atoms with E-state index in [1.165, 1.54) is 4.90 Å². The Bertz CT molecular complexity index is 1170. The average Bonchev–Trinajstić information content (AvgIpc) is 3.14. The molecule has 8 N–H and O–H groups in total. The minimum Gasteiger partial charge on any atom is -0.375 e. The number of nitrogens with one attached hydrogen (secondary N) is 4. The van der Waals surface area contributed by atoms with Crippen LogP contribution in [0, 0.1) is 17.8 Å². The number of unbranched alkanes of at least 4 members (excludes halogenated alkanes) is 3. The minimum absolute atomic E-state index is 0.0883. The summed E-state index contributed by atoms with van der Waals surface area (Å²) in [5.74, 6) is -2.68. The first kappa shape index (κ1) is 44.6. The largest absolute Gasteiger partial charge is 0.375 e. The standard InChI is InChI=1S/C39H72N8O6/c1-7-8-9-13-16-33-27(5)39(52)46(6)32(21-25(2)3)37(50)45-34(28-14-11-10-12-15-28)38(51)43-30(22-40)35(48)44-31(36(49)42-26(4)24-53-33)23-47-19-17-29(41)18-20-47/h25-34H,7-24,40-41H2,1-6H3,(H,42,49)(H,43,51)(H,44,48)(H,45,50)/t26-,27-,30+,31+,32+,33-,34+/m1/s1. The van der Waals surface area contributed by atoms with E-state index in [4.69, 9.17) is 16.2 Å². The lowest BCUT2D eigenvalue weighted by molar-refractivity contribution is -0.147. The number of likely N-dealkylation sites (tertiary alicyclic amines) is 1. The van der Waals surface area contributed by atoms with Gasteiger partial charge in [0.2, 0.25) is 29.5 Å². The van der Waals surface area contributed by atoms with Crippen LogP contribution in [0.5, 0.6) is 0 Å². The molecule has 0 spiro atoms. The second-order valence-corrected chi connectivity index (χ2v) is 16.4. The van der Waals surface area contributed by atoms with Gasteiger partial charge in [-0.3, -0.25) is 24.0 Å². The van der Waals surface area contributed by atoms with Crippen LogP contribution in [0.25, 0.3) is 0 Å². The molecule has 2 heterocycles. The van der Waals surface area contributed by atoms with Crippen molar-refractivity contribution in [1.82, 2.24) is 31.1 Å². The molecule has 5 amide bonds. The number of carbonyl (C=O) groups is 5. The SMILES string of the molecule is CCCCCC[C@H]1OC[C@@H](C)NC(=O)[C@H](CN2CCC(N)CC2)NC(=O)[C@H](CN)NC(=O)[C@H](C2CCCCC2)NC(=O)[C@H](CC(C)C)N(C)C(=O)[C@@H]1C. The molecule has 3 rings (SSSR count). The van der Waals surface area contributed by atoms with Crippen molar-refractivity contribution in [3.05, 3.63) is 0 Å². The molecule has 7 atom stereocenters. The van der Waals surface area contributed by atoms with E-state index in [1.54, 1.807) is 7.05 Å². The molecular weight excluding hydrogens is 676 g/mol. The predicted molar refractivity (Wildman–Crippen MR) is 206 cm³/mol. The second kappa shape index (κ2) is 22.5. The van der Waals surface area contributed by atoms with Gasteiger partial charge in [0.25, 0.3) is 0 Å². The fourth-order valence-electron chi connectivity index (χ4n) is 7.89. The Kier molecular flexibility index (Phi) is 19.0. The maximum absolute atomic E-state index is 14.2. The summed E-state index contributed by atoms with van der Waals surface area (Å²) in [6.07, 6.45) is 10.6. The van der Waals surface area contributed by atoms with Gasteiger partial charge >= 0.3 is 0 Å². The fourth-order valence-corrected chi connectivity index (χ4v) is 7.89. The van der Waals surface area contributed by atoms with Crippen molar-refractivity contribution in [2.24, 2.45) is 29.2 Å². The highest BCUT2D eigenvalue weighted by Gasteiger charge is 2.39. The third-order valence-electron chi connectivity index (χ3n) is 11.3. The Labute approximate surface area is 318 Å². The van der Waals surface area contributed by atoms with Gasteiger partial charge in [-0.05, 0) is 70.4 Å². The first-order valence-corrected chi connectivity index (χ1v) is 20.5. The number of likely N-dealkylation sites (N-methyl/N-ethyl adjacent to an activating group) is 1. The fraction of sp³-hybridized carbons (Fsp3) is 0.872. The van der Waals surface area contributed by atoms with Crippen molar-refractivity contribution in [2.75, 3.05) is 39.8 Å². The molecule has 2 saturated heterocycles. The summed E-state index contributed by atoms with van der Waals surface area (Å²) in [6.45, 7) is 11.4. The van der Waals surface area contributed by atoms with Gasteiger partial charge < -0.3 is 47.3 Å². The van der Waals surface area contributed by atoms with E-state index in [9.17, 15) is 24.0 Å². The molecule has 0 aromatic heterocycles. The number of nitrogens with zero attached hydrogens (tertiary/aromatic N) is 2. The lowest BCUT2D eigenvalue weighted by Crippen LogP contribution is -2.62. The zero-order valence-corrected chi connectivity index (χ0v) is 33.5. The third kappa shape index (κ3) is 14.1. The molecule has 0 aromatic rings. The summed E-state index contributed by atoms with van der Waals surface area (Å²) in [4.78, 5) is 73.9. The van der Waals surface area contributed by atoms with Gasteiger partial charge in [0.1, 0.15) is 24.2 Å². The molecular formula is C39H72N8O6. The lowest BCUT2D eigenvalue weighted by Gasteiger charge is -2.36. The number of rotatable bonds is 11. The smallest absolute Gasteiger partial charge is 0.244 e. The van der Waals surface area contributed by atoms with Crippen LogP contribution >= 0.6 is 0 Å². The monoisotopic (exact) mass is 749 g/mol. The van der Waals surface area contributed by atoms with Gasteiger partial charge in [0, 0.05) is 32.2 Å². The summed E-state index contributed by atoms with van der Waals surface area (Å²) in [5.41, 5.74) is 12.2. The molecule has 0 unspecified atom stereocenters. The van der Waals surface area contributed by atoms with Crippen LogP contribution in [-0.4, -0.2) is 122 Å². The molecule has 3 aliphatic rings. The topological polar surface area (TPSA) is 201 Å². The Hall–Kier alpha value is -2.81. The van der Waals surface area contributed by atoms with Gasteiger partial charge in [-0.15, -0.1) is 0 Å². The Balaban J connectivity index is 2.00. The van der Waals surface area contributed by atoms with E-state index < -0.39 is 60.0 Å². The van der Waals surface area contributed by atoms with Crippen LogP contribution in [0.4, 0.5) is 0 Å². The van der Waals surface area contributed by atoms with Crippen molar-refractivity contribution in [3.63, 3.8) is 0 Å². The van der Waals surface area contributed by atoms with Crippen LogP contribution in [-0.2, 0) is 28.7 Å². The molecule has 3 fully saturated rings. The van der Waals surface area contributed by atoms with Crippen molar-refractivity contribution in [2.45, 2.75) is 160 Å². The van der Waals surface area contributed by atoms with Crippen LogP contribution in [0.1, 0.15) is 118 Å². The second-order valence-electron chi connectivity index (χ2n) is 16.4. The number of carbonyl (C=O) groups excluding carboxylic acids is 5. The summed E-state index contributed by atoms with van der Waals surface area (Å²) in [7, 11) is 1.66. The minimum atomic E-state index is -1.14. The first-order valence-electron chi connectivity index (χ1n) is 20.5. The van der Waals surface area contributed by atoms with Gasteiger partial charge in [0.05, 0.1) is 18.6 Å².